The van der Waals surface area contributed by atoms with Crippen LogP contribution in [0.15, 0.2) is 41.2 Å². The van der Waals surface area contributed by atoms with Gasteiger partial charge in [-0.15, -0.1) is 0 Å². The van der Waals surface area contributed by atoms with E-state index in [0.29, 0.717) is 24.8 Å². The van der Waals surface area contributed by atoms with Gasteiger partial charge in [-0.1, -0.05) is 24.3 Å². The van der Waals surface area contributed by atoms with Crippen LogP contribution in [0, 0.1) is 6.92 Å². The SMILES string of the molecule is Cc1cccc2c1CCC2c1c(C(F)(F)F)c2cc(CCN(C)C)ccc2n(C)c1=O. The van der Waals surface area contributed by atoms with E-state index in [1.807, 2.05) is 50.2 Å². The van der Waals surface area contributed by atoms with Crippen LogP contribution < -0.4 is 5.56 Å². The number of fused-ring (bicyclic) bond motifs is 2. The summed E-state index contributed by atoms with van der Waals surface area (Å²) in [5, 5.41) is 0.113. The molecule has 0 amide bonds. The first-order chi connectivity index (χ1) is 14.6. The van der Waals surface area contributed by atoms with Crippen molar-refractivity contribution in [3.05, 3.63) is 80.1 Å². The number of benzene rings is 2. The Labute approximate surface area is 180 Å². The fourth-order valence-corrected chi connectivity index (χ4v) is 4.89. The van der Waals surface area contributed by atoms with Gasteiger partial charge in [-0.3, -0.25) is 4.79 Å². The molecule has 31 heavy (non-hydrogen) atoms. The summed E-state index contributed by atoms with van der Waals surface area (Å²) in [6, 6.07) is 10.8. The highest BCUT2D eigenvalue weighted by Crippen LogP contribution is 2.45. The average Bonchev–Trinajstić information content (AvgIpc) is 3.13. The van der Waals surface area contributed by atoms with Crippen molar-refractivity contribution < 1.29 is 13.2 Å². The molecule has 1 aliphatic carbocycles. The van der Waals surface area contributed by atoms with E-state index in [4.69, 9.17) is 0 Å². The summed E-state index contributed by atoms with van der Waals surface area (Å²) in [7, 11) is 5.44. The van der Waals surface area contributed by atoms with E-state index in [2.05, 4.69) is 0 Å². The normalized spacial score (nSPS) is 16.3. The van der Waals surface area contributed by atoms with Crippen LogP contribution >= 0.6 is 0 Å². The Bertz CT molecular complexity index is 1210. The standard InChI is InChI=1S/C25H27F3N2O/c1-15-6-5-7-18-17(15)9-10-19(18)22-23(25(26,27)28)20-14-16(12-13-29(2)3)8-11-21(20)30(4)24(22)31/h5-8,11,14,19H,9-10,12-13H2,1-4H3. The zero-order valence-corrected chi connectivity index (χ0v) is 18.3. The van der Waals surface area contributed by atoms with Crippen LogP contribution in [0.25, 0.3) is 10.9 Å². The van der Waals surface area contributed by atoms with Crippen molar-refractivity contribution >= 4 is 10.9 Å². The van der Waals surface area contributed by atoms with Crippen molar-refractivity contribution in [3.63, 3.8) is 0 Å². The highest BCUT2D eigenvalue weighted by molar-refractivity contribution is 5.85. The molecule has 0 fully saturated rings. The number of aromatic nitrogens is 1. The molecular weight excluding hydrogens is 401 g/mol. The minimum Gasteiger partial charge on any atom is -0.311 e. The number of likely N-dealkylation sites (N-methyl/N-ethyl adjacent to an activating group) is 1. The molecule has 0 N–H and O–H groups in total. The number of hydrogen-bond donors (Lipinski definition) is 0. The molecule has 0 saturated heterocycles. The lowest BCUT2D eigenvalue weighted by Crippen LogP contribution is -2.29. The second-order valence-corrected chi connectivity index (χ2v) is 8.79. The Kier molecular flexibility index (Phi) is 5.46. The molecule has 3 nitrogen and oxygen atoms in total. The molecule has 1 unspecified atom stereocenters. The first-order valence-corrected chi connectivity index (χ1v) is 10.6. The van der Waals surface area contributed by atoms with Crippen molar-refractivity contribution in [1.29, 1.82) is 0 Å². The Balaban J connectivity index is 2.01. The van der Waals surface area contributed by atoms with Gasteiger partial charge < -0.3 is 9.47 Å². The van der Waals surface area contributed by atoms with Crippen molar-refractivity contribution in [2.24, 2.45) is 7.05 Å². The van der Waals surface area contributed by atoms with Gasteiger partial charge in [0.25, 0.3) is 5.56 Å². The van der Waals surface area contributed by atoms with Gasteiger partial charge in [-0.25, -0.2) is 0 Å². The lowest BCUT2D eigenvalue weighted by molar-refractivity contribution is -0.137. The van der Waals surface area contributed by atoms with Crippen LogP contribution in [0.1, 0.15) is 45.7 Å². The van der Waals surface area contributed by atoms with Crippen LogP contribution in [-0.4, -0.2) is 30.1 Å². The number of pyridine rings is 1. The van der Waals surface area contributed by atoms with E-state index in [9.17, 15) is 18.0 Å². The van der Waals surface area contributed by atoms with Crippen molar-refractivity contribution in [1.82, 2.24) is 9.47 Å². The van der Waals surface area contributed by atoms with Gasteiger partial charge in [0.1, 0.15) is 0 Å². The molecule has 0 aliphatic heterocycles. The van der Waals surface area contributed by atoms with Gasteiger partial charge in [0.05, 0.1) is 11.1 Å². The molecule has 164 valence electrons. The van der Waals surface area contributed by atoms with Gasteiger partial charge >= 0.3 is 6.18 Å². The molecule has 2 aromatic carbocycles. The molecule has 1 heterocycles. The summed E-state index contributed by atoms with van der Waals surface area (Å²) >= 11 is 0. The van der Waals surface area contributed by atoms with Crippen LogP contribution in [0.3, 0.4) is 0 Å². The zero-order valence-electron chi connectivity index (χ0n) is 18.3. The number of alkyl halides is 3. The topological polar surface area (TPSA) is 25.2 Å². The fraction of sp³-hybridized carbons (Fsp3) is 0.400. The summed E-state index contributed by atoms with van der Waals surface area (Å²) in [6.07, 6.45) is -2.77. The summed E-state index contributed by atoms with van der Waals surface area (Å²) < 4.78 is 44.8. The Morgan fingerprint density at radius 1 is 1.16 bits per heavy atom. The number of rotatable bonds is 4. The van der Waals surface area contributed by atoms with Crippen LogP contribution in [0.5, 0.6) is 0 Å². The third kappa shape index (κ3) is 3.78. The predicted molar refractivity (Wildman–Crippen MR) is 118 cm³/mol. The summed E-state index contributed by atoms with van der Waals surface area (Å²) in [5.41, 5.74) is 2.70. The van der Waals surface area contributed by atoms with E-state index in [1.54, 1.807) is 19.2 Å². The molecule has 0 bridgehead atoms. The molecule has 1 atom stereocenters. The first-order valence-electron chi connectivity index (χ1n) is 10.6. The molecular formula is C25H27F3N2O. The second kappa shape index (κ2) is 7.83. The third-order valence-corrected chi connectivity index (χ3v) is 6.48. The molecule has 1 aromatic heterocycles. The molecule has 6 heteroatoms. The first kappa shape index (κ1) is 21.6. The summed E-state index contributed by atoms with van der Waals surface area (Å²) in [4.78, 5) is 15.3. The van der Waals surface area contributed by atoms with E-state index >= 15 is 0 Å². The summed E-state index contributed by atoms with van der Waals surface area (Å²) in [5.74, 6) is -0.542. The Hall–Kier alpha value is -2.60. The van der Waals surface area contributed by atoms with Crippen LogP contribution in [0.2, 0.25) is 0 Å². The monoisotopic (exact) mass is 428 g/mol. The van der Waals surface area contributed by atoms with Crippen molar-refractivity contribution in [3.8, 4) is 0 Å². The van der Waals surface area contributed by atoms with Gasteiger partial charge in [-0.2, -0.15) is 13.2 Å². The van der Waals surface area contributed by atoms with Crippen LogP contribution in [0.4, 0.5) is 13.2 Å². The molecule has 1 aliphatic rings. The lowest BCUT2D eigenvalue weighted by Gasteiger charge is -2.22. The molecule has 0 spiro atoms. The number of hydrogen-bond acceptors (Lipinski definition) is 2. The van der Waals surface area contributed by atoms with Crippen molar-refractivity contribution in [2.75, 3.05) is 20.6 Å². The molecule has 4 rings (SSSR count). The Morgan fingerprint density at radius 3 is 2.58 bits per heavy atom. The quantitative estimate of drug-likeness (QED) is 0.581. The summed E-state index contributed by atoms with van der Waals surface area (Å²) in [6.45, 7) is 2.71. The van der Waals surface area contributed by atoms with Gasteiger partial charge in [0.2, 0.25) is 0 Å². The maximum absolute atomic E-state index is 14.5. The molecule has 0 saturated carbocycles. The second-order valence-electron chi connectivity index (χ2n) is 8.79. The highest BCUT2D eigenvalue weighted by Gasteiger charge is 2.41. The maximum atomic E-state index is 14.5. The fourth-order valence-electron chi connectivity index (χ4n) is 4.89. The molecule has 0 radical (unpaired) electrons. The smallest absolute Gasteiger partial charge is 0.311 e. The predicted octanol–water partition coefficient (Wildman–Crippen LogP) is 5.05. The van der Waals surface area contributed by atoms with Crippen molar-refractivity contribution in [2.45, 2.75) is 38.3 Å². The van der Waals surface area contributed by atoms with Crippen LogP contribution in [-0.2, 0) is 26.1 Å². The molecule has 3 aromatic rings. The average molecular weight is 428 g/mol. The van der Waals surface area contributed by atoms with E-state index in [-0.39, 0.29) is 10.9 Å². The zero-order chi connectivity index (χ0) is 22.5. The number of halogens is 3. The van der Waals surface area contributed by atoms with E-state index in [0.717, 1.165) is 28.8 Å². The Morgan fingerprint density at radius 2 is 1.90 bits per heavy atom. The third-order valence-electron chi connectivity index (χ3n) is 6.48. The number of nitrogens with zero attached hydrogens (tertiary/aromatic N) is 2. The maximum Gasteiger partial charge on any atom is 0.417 e. The van der Waals surface area contributed by atoms with Gasteiger partial charge in [-0.05, 0) is 74.7 Å². The minimum atomic E-state index is -4.62. The van der Waals surface area contributed by atoms with E-state index < -0.39 is 23.2 Å². The van der Waals surface area contributed by atoms with Gasteiger partial charge in [0.15, 0.2) is 0 Å². The van der Waals surface area contributed by atoms with E-state index in [1.165, 1.54) is 4.57 Å². The largest absolute Gasteiger partial charge is 0.417 e. The minimum absolute atomic E-state index is 0.113. The lowest BCUT2D eigenvalue weighted by atomic mass is 9.87. The van der Waals surface area contributed by atoms with Gasteiger partial charge in [0, 0.05) is 30.5 Å². The highest BCUT2D eigenvalue weighted by atomic mass is 19.4. The number of aryl methyl sites for hydroxylation is 2.